The van der Waals surface area contributed by atoms with Crippen molar-refractivity contribution < 1.29 is 31.9 Å². The summed E-state index contributed by atoms with van der Waals surface area (Å²) in [6.45, 7) is 0.700. The molecule has 1 fully saturated rings. The standard InChI is InChI=1S/C15H16F4N2O3/c16-12-4-2-1-3-11(12)13(22)24-10-9-20-5-7-21(8-6-20)14(23)15(17,18)19/h1-4H,5-10H2. The summed E-state index contributed by atoms with van der Waals surface area (Å²) in [5.41, 5.74) is -0.168. The van der Waals surface area contributed by atoms with Crippen LogP contribution in [-0.2, 0) is 9.53 Å². The van der Waals surface area contributed by atoms with Crippen LogP contribution in [0, 0.1) is 5.82 Å². The molecule has 0 spiro atoms. The highest BCUT2D eigenvalue weighted by Gasteiger charge is 2.43. The van der Waals surface area contributed by atoms with Crippen LogP contribution in [-0.4, -0.2) is 67.2 Å². The first kappa shape index (κ1) is 18.2. The van der Waals surface area contributed by atoms with Gasteiger partial charge in [0, 0.05) is 32.7 Å². The van der Waals surface area contributed by atoms with Crippen molar-refractivity contribution in [1.82, 2.24) is 9.80 Å². The Balaban J connectivity index is 1.73. The summed E-state index contributed by atoms with van der Waals surface area (Å²) >= 11 is 0. The second kappa shape index (κ2) is 7.61. The maximum atomic E-state index is 13.4. The van der Waals surface area contributed by atoms with E-state index in [2.05, 4.69) is 0 Å². The number of esters is 1. The van der Waals surface area contributed by atoms with Crippen LogP contribution in [0.3, 0.4) is 0 Å². The van der Waals surface area contributed by atoms with Gasteiger partial charge in [0.1, 0.15) is 12.4 Å². The number of ether oxygens (including phenoxy) is 1. The van der Waals surface area contributed by atoms with Crippen molar-refractivity contribution in [3.05, 3.63) is 35.6 Å². The van der Waals surface area contributed by atoms with Crippen LogP contribution in [0.15, 0.2) is 24.3 Å². The van der Waals surface area contributed by atoms with Crippen LogP contribution in [0.25, 0.3) is 0 Å². The highest BCUT2D eigenvalue weighted by atomic mass is 19.4. The van der Waals surface area contributed by atoms with Gasteiger partial charge in [0.2, 0.25) is 0 Å². The Morgan fingerprint density at radius 1 is 1.08 bits per heavy atom. The molecule has 1 aromatic carbocycles. The first-order valence-corrected chi connectivity index (χ1v) is 7.29. The second-order valence-corrected chi connectivity index (χ2v) is 5.25. The Morgan fingerprint density at radius 2 is 1.71 bits per heavy atom. The van der Waals surface area contributed by atoms with Crippen LogP contribution in [0.1, 0.15) is 10.4 Å². The van der Waals surface area contributed by atoms with Crippen LogP contribution in [0.4, 0.5) is 17.6 Å². The summed E-state index contributed by atoms with van der Waals surface area (Å²) in [5, 5.41) is 0. The average Bonchev–Trinajstić information content (AvgIpc) is 2.54. The van der Waals surface area contributed by atoms with Gasteiger partial charge in [0.05, 0.1) is 5.56 Å². The highest BCUT2D eigenvalue weighted by Crippen LogP contribution is 2.19. The lowest BCUT2D eigenvalue weighted by Crippen LogP contribution is -2.52. The Kier molecular flexibility index (Phi) is 5.76. The fourth-order valence-corrected chi connectivity index (χ4v) is 2.33. The monoisotopic (exact) mass is 348 g/mol. The smallest absolute Gasteiger partial charge is 0.461 e. The molecule has 1 aliphatic rings. The van der Waals surface area contributed by atoms with Crippen LogP contribution < -0.4 is 0 Å². The van der Waals surface area contributed by atoms with Crippen molar-refractivity contribution in [2.75, 3.05) is 39.3 Å². The Morgan fingerprint density at radius 3 is 2.29 bits per heavy atom. The van der Waals surface area contributed by atoms with Gasteiger partial charge in [0.15, 0.2) is 0 Å². The average molecular weight is 348 g/mol. The second-order valence-electron chi connectivity index (χ2n) is 5.25. The third-order valence-corrected chi connectivity index (χ3v) is 3.64. The SMILES string of the molecule is O=C(OCCN1CCN(C(=O)C(F)(F)F)CC1)c1ccccc1F. The minimum Gasteiger partial charge on any atom is -0.461 e. The number of hydrogen-bond acceptors (Lipinski definition) is 4. The highest BCUT2D eigenvalue weighted by molar-refractivity contribution is 5.89. The maximum Gasteiger partial charge on any atom is 0.471 e. The fourth-order valence-electron chi connectivity index (χ4n) is 2.33. The molecule has 1 aromatic rings. The zero-order valence-electron chi connectivity index (χ0n) is 12.7. The molecule has 0 bridgehead atoms. The molecule has 0 unspecified atom stereocenters. The third kappa shape index (κ3) is 4.67. The van der Waals surface area contributed by atoms with Crippen molar-refractivity contribution in [1.29, 1.82) is 0 Å². The van der Waals surface area contributed by atoms with Gasteiger partial charge in [0.25, 0.3) is 0 Å². The molecule has 9 heteroatoms. The quantitative estimate of drug-likeness (QED) is 0.614. The van der Waals surface area contributed by atoms with E-state index in [0.29, 0.717) is 6.54 Å². The van der Waals surface area contributed by atoms with Gasteiger partial charge in [-0.3, -0.25) is 9.69 Å². The predicted molar refractivity (Wildman–Crippen MR) is 75.8 cm³/mol. The number of halogens is 4. The topological polar surface area (TPSA) is 49.9 Å². The van der Waals surface area contributed by atoms with E-state index in [0.717, 1.165) is 11.0 Å². The molecule has 1 saturated heterocycles. The van der Waals surface area contributed by atoms with E-state index in [1.54, 1.807) is 4.90 Å². The summed E-state index contributed by atoms with van der Waals surface area (Å²) in [6.07, 6.45) is -4.86. The molecule has 0 atom stereocenters. The van der Waals surface area contributed by atoms with E-state index >= 15 is 0 Å². The Bertz CT molecular complexity index is 599. The molecule has 1 heterocycles. The van der Waals surface area contributed by atoms with Gasteiger partial charge in [-0.25, -0.2) is 9.18 Å². The van der Waals surface area contributed by atoms with Crippen molar-refractivity contribution in [3.8, 4) is 0 Å². The van der Waals surface area contributed by atoms with E-state index in [1.165, 1.54) is 18.2 Å². The van der Waals surface area contributed by atoms with E-state index < -0.39 is 23.9 Å². The molecule has 5 nitrogen and oxygen atoms in total. The van der Waals surface area contributed by atoms with Gasteiger partial charge >= 0.3 is 18.1 Å². The number of carbonyl (C=O) groups excluding carboxylic acids is 2. The van der Waals surface area contributed by atoms with Gasteiger partial charge < -0.3 is 9.64 Å². The van der Waals surface area contributed by atoms with E-state index in [-0.39, 0.29) is 38.3 Å². The summed E-state index contributed by atoms with van der Waals surface area (Å²) < 4.78 is 55.3. The number of amides is 1. The van der Waals surface area contributed by atoms with Crippen molar-refractivity contribution in [2.24, 2.45) is 0 Å². The lowest BCUT2D eigenvalue weighted by atomic mass is 10.2. The number of nitrogens with zero attached hydrogens (tertiary/aromatic N) is 2. The molecule has 24 heavy (non-hydrogen) atoms. The van der Waals surface area contributed by atoms with Crippen molar-refractivity contribution >= 4 is 11.9 Å². The number of piperazine rings is 1. The van der Waals surface area contributed by atoms with Crippen molar-refractivity contribution in [2.45, 2.75) is 6.18 Å². The number of carbonyl (C=O) groups is 2. The van der Waals surface area contributed by atoms with E-state index in [4.69, 9.17) is 4.74 Å². The summed E-state index contributed by atoms with van der Waals surface area (Å²) in [4.78, 5) is 25.3. The molecule has 0 aromatic heterocycles. The lowest BCUT2D eigenvalue weighted by Gasteiger charge is -2.34. The maximum absolute atomic E-state index is 13.4. The van der Waals surface area contributed by atoms with Crippen molar-refractivity contribution in [3.63, 3.8) is 0 Å². The molecule has 0 radical (unpaired) electrons. The zero-order chi connectivity index (χ0) is 17.7. The first-order valence-electron chi connectivity index (χ1n) is 7.29. The first-order chi connectivity index (χ1) is 11.3. The summed E-state index contributed by atoms with van der Waals surface area (Å²) in [7, 11) is 0. The van der Waals surface area contributed by atoms with Gasteiger partial charge in [-0.2, -0.15) is 13.2 Å². The minimum absolute atomic E-state index is 0.0135. The van der Waals surface area contributed by atoms with Crippen LogP contribution in [0.5, 0.6) is 0 Å². The van der Waals surface area contributed by atoms with E-state index in [9.17, 15) is 27.2 Å². The Labute approximate surface area is 135 Å². The molecule has 132 valence electrons. The normalized spacial score (nSPS) is 16.1. The molecule has 2 rings (SSSR count). The molecule has 1 aliphatic heterocycles. The molecule has 1 amide bonds. The third-order valence-electron chi connectivity index (χ3n) is 3.64. The van der Waals surface area contributed by atoms with Gasteiger partial charge in [-0.15, -0.1) is 0 Å². The van der Waals surface area contributed by atoms with Crippen LogP contribution >= 0.6 is 0 Å². The summed E-state index contributed by atoms with van der Waals surface area (Å²) in [5.74, 6) is -3.31. The van der Waals surface area contributed by atoms with Gasteiger partial charge in [-0.05, 0) is 12.1 Å². The predicted octanol–water partition coefficient (Wildman–Crippen LogP) is 1.69. The number of alkyl halides is 3. The van der Waals surface area contributed by atoms with E-state index in [1.807, 2.05) is 0 Å². The number of hydrogen-bond donors (Lipinski definition) is 0. The molecular weight excluding hydrogens is 332 g/mol. The Hall–Kier alpha value is -2.16. The fraction of sp³-hybridized carbons (Fsp3) is 0.467. The lowest BCUT2D eigenvalue weighted by molar-refractivity contribution is -0.187. The zero-order valence-corrected chi connectivity index (χ0v) is 12.7. The summed E-state index contributed by atoms with van der Waals surface area (Å²) in [6, 6.07) is 5.41. The molecular formula is C15H16F4N2O3. The minimum atomic E-state index is -4.86. The largest absolute Gasteiger partial charge is 0.471 e. The molecule has 0 N–H and O–H groups in total. The van der Waals surface area contributed by atoms with Gasteiger partial charge in [-0.1, -0.05) is 12.1 Å². The number of rotatable bonds is 4. The molecule has 0 saturated carbocycles. The molecule has 0 aliphatic carbocycles. The number of benzene rings is 1. The van der Waals surface area contributed by atoms with Crippen LogP contribution in [0.2, 0.25) is 0 Å².